The Hall–Kier alpha value is 0.595. The molecule has 2 radical (unpaired) electrons. The molecule has 0 bridgehead atoms. The normalized spacial score (nSPS) is 9.71. The molecule has 0 saturated carbocycles. The second kappa shape index (κ2) is 18.6. The van der Waals surface area contributed by atoms with Crippen molar-refractivity contribution in [2.75, 3.05) is 13.1 Å². The van der Waals surface area contributed by atoms with Crippen LogP contribution >= 0.6 is 0 Å². The van der Waals surface area contributed by atoms with Crippen molar-refractivity contribution >= 4 is 31.2 Å². The van der Waals surface area contributed by atoms with Gasteiger partial charge < -0.3 is 38.8 Å². The molecule has 0 aromatic carbocycles. The molecule has 0 unspecified atom stereocenters. The molecule has 0 amide bonds. The zero-order valence-electron chi connectivity index (χ0n) is 9.51. The minimum atomic E-state index is -5.17. The van der Waals surface area contributed by atoms with Crippen LogP contribution in [-0.4, -0.2) is 65.7 Å². The smallest absolute Gasteiger partial charge is 0.759 e. The molecule has 0 aromatic rings. The van der Waals surface area contributed by atoms with E-state index in [0.717, 1.165) is 0 Å². The maximum absolute atomic E-state index is 8.52. The SMILES string of the molecule is NCCN.O=S(=O)([O-])[O-].O=S(=O)([O-])[O-].O=S(=O)([O-])[O-].[Cr+3].[Cr+3]. The van der Waals surface area contributed by atoms with E-state index in [-0.39, 0.29) is 34.7 Å². The van der Waals surface area contributed by atoms with Crippen molar-refractivity contribution in [3.05, 3.63) is 0 Å². The summed E-state index contributed by atoms with van der Waals surface area (Å²) in [4.78, 5) is 0. The molecule has 0 fully saturated rings. The molecule has 0 aliphatic carbocycles. The monoisotopic (exact) mass is 452 g/mol. The Morgan fingerprint density at radius 3 is 0.571 bits per heavy atom. The van der Waals surface area contributed by atoms with Gasteiger partial charge in [0.2, 0.25) is 0 Å². The molecule has 0 atom stereocenters. The van der Waals surface area contributed by atoms with Crippen LogP contribution in [0.4, 0.5) is 0 Å². The second-order valence-electron chi connectivity index (χ2n) is 1.80. The molecule has 0 rings (SSSR count). The number of nitrogens with two attached hydrogens (primary N) is 2. The van der Waals surface area contributed by atoms with Gasteiger partial charge in [0.1, 0.15) is 0 Å². The van der Waals surface area contributed by atoms with Crippen LogP contribution in [0.2, 0.25) is 0 Å². The van der Waals surface area contributed by atoms with Crippen molar-refractivity contribution in [3.63, 3.8) is 0 Å². The van der Waals surface area contributed by atoms with Crippen LogP contribution < -0.4 is 11.5 Å². The number of hydrogen-bond acceptors (Lipinski definition) is 14. The first-order valence-electron chi connectivity index (χ1n) is 3.32. The first-order chi connectivity index (χ1) is 7.91. The standard InChI is InChI=1S/C2H8N2.2Cr.3H2O4S/c3-1-2-4;;;3*1-5(2,3)4/h1-4H2;;;3*(H2,1,2,3,4)/q;2*+3;;;/p-6. The summed E-state index contributed by atoms with van der Waals surface area (Å²) in [7, 11) is -15.5. The molecule has 0 spiro atoms. The van der Waals surface area contributed by atoms with E-state index in [1.54, 1.807) is 0 Å². The van der Waals surface area contributed by atoms with Crippen LogP contribution in [0.15, 0.2) is 0 Å². The third kappa shape index (κ3) is 2800. The van der Waals surface area contributed by atoms with Crippen molar-refractivity contribution in [2.24, 2.45) is 11.5 Å². The van der Waals surface area contributed by atoms with Gasteiger partial charge >= 0.3 is 34.7 Å². The zero-order chi connectivity index (χ0) is 16.9. The Bertz CT molecular complexity index is 385. The molecular weight excluding hydrogens is 444 g/mol. The predicted molar refractivity (Wildman–Crippen MR) is 49.5 cm³/mol. The minimum Gasteiger partial charge on any atom is -0.759 e. The summed E-state index contributed by atoms with van der Waals surface area (Å²) in [6.07, 6.45) is 0. The molecule has 4 N–H and O–H groups in total. The Balaban J connectivity index is -0.0000000347. The van der Waals surface area contributed by atoms with Gasteiger partial charge in [-0.25, -0.2) is 0 Å². The Morgan fingerprint density at radius 1 is 0.524 bits per heavy atom. The first kappa shape index (κ1) is 37.7. The quantitative estimate of drug-likeness (QED) is 0.278. The summed E-state index contributed by atoms with van der Waals surface area (Å²) in [5.41, 5.74) is 9.81. The summed E-state index contributed by atoms with van der Waals surface area (Å²) in [6.45, 7) is 1.19. The largest absolute Gasteiger partial charge is 3.00 e. The molecular formula is C2H8Cr2N2O12S3. The van der Waals surface area contributed by atoms with E-state index in [9.17, 15) is 0 Å². The van der Waals surface area contributed by atoms with Gasteiger partial charge in [0.15, 0.2) is 0 Å². The van der Waals surface area contributed by atoms with Gasteiger partial charge in [-0.1, -0.05) is 0 Å². The van der Waals surface area contributed by atoms with E-state index in [2.05, 4.69) is 0 Å². The summed E-state index contributed by atoms with van der Waals surface area (Å²) >= 11 is 0. The maximum Gasteiger partial charge on any atom is 3.00 e. The topological polar surface area (TPSA) is 293 Å². The molecule has 128 valence electrons. The van der Waals surface area contributed by atoms with Gasteiger partial charge in [0.05, 0.1) is 0 Å². The van der Waals surface area contributed by atoms with Crippen molar-refractivity contribution in [3.8, 4) is 0 Å². The van der Waals surface area contributed by atoms with Crippen molar-refractivity contribution in [1.29, 1.82) is 0 Å². The van der Waals surface area contributed by atoms with E-state index < -0.39 is 31.2 Å². The molecule has 0 aromatic heterocycles. The summed E-state index contributed by atoms with van der Waals surface area (Å²) < 4.78 is 102. The third-order valence-corrected chi connectivity index (χ3v) is 0.167. The number of hydrogen-bond donors (Lipinski definition) is 2. The minimum absolute atomic E-state index is 0. The third-order valence-electron chi connectivity index (χ3n) is 0.167. The fourth-order valence-electron chi connectivity index (χ4n) is 0. The second-order valence-corrected chi connectivity index (χ2v) is 4.25. The Labute approximate surface area is 142 Å². The fraction of sp³-hybridized carbons (Fsp3) is 1.00. The Kier molecular flexibility index (Phi) is 33.4. The van der Waals surface area contributed by atoms with Crippen LogP contribution in [0.3, 0.4) is 0 Å². The van der Waals surface area contributed by atoms with E-state index in [0.29, 0.717) is 13.1 Å². The van der Waals surface area contributed by atoms with Crippen molar-refractivity contribution < 1.29 is 87.3 Å². The molecule has 0 aliphatic rings. The van der Waals surface area contributed by atoms with Crippen LogP contribution in [0, 0.1) is 0 Å². The molecule has 14 nitrogen and oxygen atoms in total. The average molecular weight is 452 g/mol. The van der Waals surface area contributed by atoms with E-state index in [4.69, 9.17) is 64.0 Å². The first-order valence-corrected chi connectivity index (χ1v) is 7.32. The average Bonchev–Trinajstić information content (AvgIpc) is 1.93. The van der Waals surface area contributed by atoms with E-state index in [1.807, 2.05) is 0 Å². The number of rotatable bonds is 1. The van der Waals surface area contributed by atoms with Gasteiger partial charge in [-0.3, -0.25) is 25.3 Å². The molecule has 0 saturated heterocycles. The molecule has 21 heavy (non-hydrogen) atoms. The van der Waals surface area contributed by atoms with E-state index >= 15 is 0 Å². The van der Waals surface area contributed by atoms with Gasteiger partial charge in [-0.15, -0.1) is 0 Å². The van der Waals surface area contributed by atoms with Crippen molar-refractivity contribution in [2.45, 2.75) is 0 Å². The zero-order valence-corrected chi connectivity index (χ0v) is 14.5. The van der Waals surface area contributed by atoms with Gasteiger partial charge in [0, 0.05) is 44.3 Å². The van der Waals surface area contributed by atoms with Gasteiger partial charge in [-0.05, 0) is 0 Å². The maximum atomic E-state index is 8.52. The summed E-state index contributed by atoms with van der Waals surface area (Å²) in [5, 5.41) is 0. The molecule has 19 heteroatoms. The van der Waals surface area contributed by atoms with Crippen molar-refractivity contribution in [1.82, 2.24) is 0 Å². The van der Waals surface area contributed by atoms with Crippen LogP contribution in [0.5, 0.6) is 0 Å². The van der Waals surface area contributed by atoms with Crippen LogP contribution in [0.1, 0.15) is 0 Å². The molecule has 0 heterocycles. The fourth-order valence-corrected chi connectivity index (χ4v) is 0. The summed E-state index contributed by atoms with van der Waals surface area (Å²) in [5.74, 6) is 0. The van der Waals surface area contributed by atoms with Crippen LogP contribution in [0.25, 0.3) is 0 Å². The predicted octanol–water partition coefficient (Wildman–Crippen LogP) is -5.12. The van der Waals surface area contributed by atoms with E-state index in [1.165, 1.54) is 0 Å². The molecule has 0 aliphatic heterocycles. The van der Waals surface area contributed by atoms with Gasteiger partial charge in [-0.2, -0.15) is 0 Å². The Morgan fingerprint density at radius 2 is 0.571 bits per heavy atom. The van der Waals surface area contributed by atoms with Gasteiger partial charge in [0.25, 0.3) is 0 Å². The summed E-state index contributed by atoms with van der Waals surface area (Å²) in [6, 6.07) is 0. The van der Waals surface area contributed by atoms with Crippen LogP contribution in [-0.2, 0) is 65.9 Å².